The first-order valence-corrected chi connectivity index (χ1v) is 3.17. The molecule has 60 valence electrons. The molecule has 0 aliphatic heterocycles. The summed E-state index contributed by atoms with van der Waals surface area (Å²) in [7, 11) is 3.35. The van der Waals surface area contributed by atoms with Crippen molar-refractivity contribution in [2.24, 2.45) is 0 Å². The van der Waals surface area contributed by atoms with Gasteiger partial charge in [0.2, 0.25) is 0 Å². The number of rotatable bonds is 1. The van der Waals surface area contributed by atoms with Crippen LogP contribution < -0.4 is 5.32 Å². The molecule has 1 rings (SSSR count). The third-order valence-electron chi connectivity index (χ3n) is 1.16. The zero-order valence-electron chi connectivity index (χ0n) is 6.46. The summed E-state index contributed by atoms with van der Waals surface area (Å²) in [5.41, 5.74) is 0.670. The highest BCUT2D eigenvalue weighted by molar-refractivity contribution is 5.88. The fourth-order valence-corrected chi connectivity index (χ4v) is 0.555. The number of amides is 2. The summed E-state index contributed by atoms with van der Waals surface area (Å²) in [5, 5.41) is 8.88. The maximum absolute atomic E-state index is 11.0. The van der Waals surface area contributed by atoms with Crippen molar-refractivity contribution in [2.45, 2.75) is 0 Å². The number of aromatic nitrogens is 2. The van der Waals surface area contributed by atoms with Crippen molar-refractivity contribution in [3.8, 4) is 0 Å². The molecule has 1 aromatic rings. The van der Waals surface area contributed by atoms with Gasteiger partial charge >= 0.3 is 6.03 Å². The van der Waals surface area contributed by atoms with Gasteiger partial charge in [-0.15, -0.1) is 0 Å². The van der Waals surface area contributed by atoms with E-state index in [0.717, 1.165) is 0 Å². The summed E-state index contributed by atoms with van der Waals surface area (Å²) in [5.74, 6) is 0. The highest BCUT2D eigenvalue weighted by Gasteiger charge is 2.02. The average Bonchev–Trinajstić information content (AvgIpc) is 2.39. The fraction of sp³-hybridized carbons (Fsp3) is 0.333. The van der Waals surface area contributed by atoms with Gasteiger partial charge in [-0.1, -0.05) is 0 Å². The van der Waals surface area contributed by atoms with Crippen molar-refractivity contribution in [1.29, 1.82) is 0 Å². The largest absolute Gasteiger partial charge is 0.331 e. The van der Waals surface area contributed by atoms with Crippen molar-refractivity contribution in [3.63, 3.8) is 0 Å². The second-order valence-corrected chi connectivity index (χ2v) is 2.31. The van der Waals surface area contributed by atoms with Crippen molar-refractivity contribution in [3.05, 3.63) is 12.4 Å². The average molecular weight is 154 g/mol. The Morgan fingerprint density at radius 2 is 2.45 bits per heavy atom. The number of nitrogens with zero attached hydrogens (tertiary/aromatic N) is 2. The van der Waals surface area contributed by atoms with Gasteiger partial charge in [-0.05, 0) is 0 Å². The van der Waals surface area contributed by atoms with Crippen molar-refractivity contribution >= 4 is 11.7 Å². The third-order valence-corrected chi connectivity index (χ3v) is 1.16. The molecule has 0 fully saturated rings. The van der Waals surface area contributed by atoms with Gasteiger partial charge in [-0.3, -0.25) is 5.10 Å². The molecule has 11 heavy (non-hydrogen) atoms. The molecule has 0 saturated heterocycles. The molecule has 5 nitrogen and oxygen atoms in total. The van der Waals surface area contributed by atoms with Gasteiger partial charge in [-0.2, -0.15) is 5.10 Å². The number of aromatic amines is 1. The molecule has 0 unspecified atom stereocenters. The maximum Gasteiger partial charge on any atom is 0.321 e. The zero-order chi connectivity index (χ0) is 8.27. The Morgan fingerprint density at radius 1 is 1.73 bits per heavy atom. The number of urea groups is 1. The van der Waals surface area contributed by atoms with Crippen LogP contribution in [0.3, 0.4) is 0 Å². The van der Waals surface area contributed by atoms with Crippen LogP contribution in [0.1, 0.15) is 0 Å². The second kappa shape index (κ2) is 3.05. The van der Waals surface area contributed by atoms with Crippen LogP contribution in [0, 0.1) is 0 Å². The van der Waals surface area contributed by atoms with Crippen LogP contribution in [0.4, 0.5) is 10.5 Å². The lowest BCUT2D eigenvalue weighted by molar-refractivity contribution is 0.230. The smallest absolute Gasteiger partial charge is 0.321 e. The Labute approximate surface area is 64.4 Å². The minimum absolute atomic E-state index is 0.161. The predicted molar refractivity (Wildman–Crippen MR) is 41.3 cm³/mol. The first-order chi connectivity index (χ1) is 5.20. The van der Waals surface area contributed by atoms with E-state index >= 15 is 0 Å². The minimum Gasteiger partial charge on any atom is -0.331 e. The number of H-pyrrole nitrogens is 1. The first-order valence-electron chi connectivity index (χ1n) is 3.17. The number of carbonyl (C=O) groups excluding carboxylic acids is 1. The van der Waals surface area contributed by atoms with Gasteiger partial charge in [0.1, 0.15) is 0 Å². The van der Waals surface area contributed by atoms with E-state index in [2.05, 4.69) is 15.5 Å². The van der Waals surface area contributed by atoms with Gasteiger partial charge in [0, 0.05) is 20.3 Å². The third kappa shape index (κ3) is 1.96. The van der Waals surface area contributed by atoms with E-state index in [-0.39, 0.29) is 6.03 Å². The molecular formula is C6H10N4O. The molecule has 0 bridgehead atoms. The number of anilines is 1. The summed E-state index contributed by atoms with van der Waals surface area (Å²) in [6, 6.07) is -0.161. The normalized spacial score (nSPS) is 9.27. The topological polar surface area (TPSA) is 61.0 Å². The van der Waals surface area contributed by atoms with Crippen LogP contribution in [0.25, 0.3) is 0 Å². The lowest BCUT2D eigenvalue weighted by Crippen LogP contribution is -2.27. The molecule has 2 N–H and O–H groups in total. The molecule has 2 amide bonds. The van der Waals surface area contributed by atoms with E-state index in [1.165, 1.54) is 4.90 Å². The molecule has 1 heterocycles. The first kappa shape index (κ1) is 7.59. The van der Waals surface area contributed by atoms with E-state index in [0.29, 0.717) is 5.69 Å². The molecule has 0 saturated carbocycles. The Balaban J connectivity index is 2.50. The number of hydrogen-bond acceptors (Lipinski definition) is 2. The highest BCUT2D eigenvalue weighted by atomic mass is 16.2. The van der Waals surface area contributed by atoms with E-state index < -0.39 is 0 Å². The van der Waals surface area contributed by atoms with Gasteiger partial charge in [-0.25, -0.2) is 4.79 Å². The van der Waals surface area contributed by atoms with E-state index in [4.69, 9.17) is 0 Å². The Hall–Kier alpha value is -1.52. The van der Waals surface area contributed by atoms with E-state index in [1.807, 2.05) is 0 Å². The summed E-state index contributed by atoms with van der Waals surface area (Å²) in [6.07, 6.45) is 3.16. The van der Waals surface area contributed by atoms with Crippen LogP contribution in [0.5, 0.6) is 0 Å². The number of hydrogen-bond donors (Lipinski definition) is 2. The summed E-state index contributed by atoms with van der Waals surface area (Å²) < 4.78 is 0. The lowest BCUT2D eigenvalue weighted by Gasteiger charge is -2.09. The van der Waals surface area contributed by atoms with Crippen molar-refractivity contribution in [2.75, 3.05) is 19.4 Å². The van der Waals surface area contributed by atoms with Gasteiger partial charge in [0.25, 0.3) is 0 Å². The molecule has 0 aliphatic rings. The Kier molecular flexibility index (Phi) is 2.10. The Morgan fingerprint density at radius 3 is 2.91 bits per heavy atom. The van der Waals surface area contributed by atoms with Crippen LogP contribution >= 0.6 is 0 Å². The lowest BCUT2D eigenvalue weighted by atomic mass is 10.6. The molecule has 5 heteroatoms. The molecule has 1 aromatic heterocycles. The van der Waals surface area contributed by atoms with Crippen LogP contribution in [0.2, 0.25) is 0 Å². The van der Waals surface area contributed by atoms with Gasteiger partial charge in [0.15, 0.2) is 0 Å². The molecule has 0 atom stereocenters. The Bertz CT molecular complexity index is 229. The predicted octanol–water partition coefficient (Wildman–Crippen LogP) is 0.503. The number of nitrogens with one attached hydrogen (secondary N) is 2. The number of carbonyl (C=O) groups is 1. The monoisotopic (exact) mass is 154 g/mol. The molecule has 0 spiro atoms. The van der Waals surface area contributed by atoms with Crippen LogP contribution in [-0.4, -0.2) is 35.2 Å². The standard InChI is InChI=1S/C6H10N4O/c1-10(2)6(11)9-5-3-7-8-4-5/h3-4H,1-2H3,(H,7,8)(H,9,11). The molecule has 0 aliphatic carbocycles. The maximum atomic E-state index is 11.0. The van der Waals surface area contributed by atoms with Crippen LogP contribution in [-0.2, 0) is 0 Å². The fourth-order valence-electron chi connectivity index (χ4n) is 0.555. The van der Waals surface area contributed by atoms with Crippen molar-refractivity contribution in [1.82, 2.24) is 15.1 Å². The summed E-state index contributed by atoms with van der Waals surface area (Å²) in [4.78, 5) is 12.4. The SMILES string of the molecule is CN(C)C(=O)Nc1cn[nH]c1. The van der Waals surface area contributed by atoms with Crippen LogP contribution in [0.15, 0.2) is 12.4 Å². The van der Waals surface area contributed by atoms with E-state index in [9.17, 15) is 4.79 Å². The van der Waals surface area contributed by atoms with Gasteiger partial charge in [0.05, 0.1) is 11.9 Å². The van der Waals surface area contributed by atoms with E-state index in [1.54, 1.807) is 26.5 Å². The quantitative estimate of drug-likeness (QED) is 0.618. The molecular weight excluding hydrogens is 144 g/mol. The minimum atomic E-state index is -0.161. The summed E-state index contributed by atoms with van der Waals surface area (Å²) in [6.45, 7) is 0. The highest BCUT2D eigenvalue weighted by Crippen LogP contribution is 2.00. The summed E-state index contributed by atoms with van der Waals surface area (Å²) >= 11 is 0. The molecule has 0 radical (unpaired) electrons. The second-order valence-electron chi connectivity index (χ2n) is 2.31. The molecule has 0 aromatic carbocycles. The van der Waals surface area contributed by atoms with Gasteiger partial charge < -0.3 is 10.2 Å². The van der Waals surface area contributed by atoms with Crippen molar-refractivity contribution < 1.29 is 4.79 Å². The zero-order valence-corrected chi connectivity index (χ0v) is 6.46.